The van der Waals surface area contributed by atoms with Gasteiger partial charge in [0.05, 0.1) is 0 Å². The molecule has 0 bridgehead atoms. The zero-order valence-electron chi connectivity index (χ0n) is 10.4. The van der Waals surface area contributed by atoms with Crippen molar-refractivity contribution in [3.63, 3.8) is 0 Å². The number of ether oxygens (including phenoxy) is 1. The minimum Gasteiger partial charge on any atom is -0.381 e. The van der Waals surface area contributed by atoms with E-state index in [1.54, 1.807) is 0 Å². The van der Waals surface area contributed by atoms with Crippen molar-refractivity contribution < 1.29 is 4.74 Å². The van der Waals surface area contributed by atoms with Crippen LogP contribution in [-0.2, 0) is 4.74 Å². The summed E-state index contributed by atoms with van der Waals surface area (Å²) in [4.78, 5) is 0. The molecule has 15 heavy (non-hydrogen) atoms. The Kier molecular flexibility index (Phi) is 3.09. The van der Waals surface area contributed by atoms with Crippen molar-refractivity contribution in [2.45, 2.75) is 52.0 Å². The van der Waals surface area contributed by atoms with Crippen LogP contribution in [0.25, 0.3) is 0 Å². The number of nitrogens with one attached hydrogen (secondary N) is 1. The zero-order chi connectivity index (χ0) is 10.9. The molecule has 2 rings (SSSR count). The molecular weight excluding hydrogens is 186 g/mol. The maximum Gasteiger partial charge on any atom is 0.0469 e. The molecule has 2 nitrogen and oxygen atoms in total. The number of hydrogen-bond acceptors (Lipinski definition) is 2. The lowest BCUT2D eigenvalue weighted by Crippen LogP contribution is -2.57. The molecule has 0 spiro atoms. The summed E-state index contributed by atoms with van der Waals surface area (Å²) < 4.78 is 5.49. The summed E-state index contributed by atoms with van der Waals surface area (Å²) in [5, 5.41) is 3.82. The van der Waals surface area contributed by atoms with E-state index >= 15 is 0 Å². The SMILES string of the molecule is CC(C)(C)C1(C2CCOCC2)CCCN1. The molecule has 2 fully saturated rings. The highest BCUT2D eigenvalue weighted by Gasteiger charge is 2.49. The molecule has 0 aromatic heterocycles. The van der Waals surface area contributed by atoms with Crippen molar-refractivity contribution in [1.29, 1.82) is 0 Å². The zero-order valence-corrected chi connectivity index (χ0v) is 10.4. The van der Waals surface area contributed by atoms with Gasteiger partial charge in [-0.1, -0.05) is 20.8 Å². The van der Waals surface area contributed by atoms with Crippen LogP contribution < -0.4 is 5.32 Å². The third-order valence-electron chi connectivity index (χ3n) is 4.44. The number of rotatable bonds is 1. The predicted octanol–water partition coefficient (Wildman–Crippen LogP) is 2.58. The molecule has 2 heterocycles. The molecule has 0 aliphatic carbocycles. The maximum absolute atomic E-state index is 5.49. The van der Waals surface area contributed by atoms with E-state index in [1.807, 2.05) is 0 Å². The summed E-state index contributed by atoms with van der Waals surface area (Å²) >= 11 is 0. The molecule has 88 valence electrons. The van der Waals surface area contributed by atoms with Gasteiger partial charge in [0.15, 0.2) is 0 Å². The van der Waals surface area contributed by atoms with Crippen LogP contribution in [0.2, 0.25) is 0 Å². The second-order valence-corrected chi connectivity index (χ2v) is 6.14. The van der Waals surface area contributed by atoms with Gasteiger partial charge in [0.2, 0.25) is 0 Å². The summed E-state index contributed by atoms with van der Waals surface area (Å²) in [6.45, 7) is 10.3. The topological polar surface area (TPSA) is 21.3 Å². The summed E-state index contributed by atoms with van der Waals surface area (Å²) in [6.07, 6.45) is 5.17. The standard InChI is InChI=1S/C13H25NO/c1-12(2,3)13(7-4-8-14-13)11-5-9-15-10-6-11/h11,14H,4-10H2,1-3H3. The van der Waals surface area contributed by atoms with Crippen molar-refractivity contribution >= 4 is 0 Å². The minimum atomic E-state index is 0.367. The second kappa shape index (κ2) is 4.06. The Morgan fingerprint density at radius 3 is 2.33 bits per heavy atom. The molecule has 2 heteroatoms. The summed E-state index contributed by atoms with van der Waals surface area (Å²) in [7, 11) is 0. The molecular formula is C13H25NO. The van der Waals surface area contributed by atoms with Crippen LogP contribution in [0.4, 0.5) is 0 Å². The third kappa shape index (κ3) is 1.94. The first kappa shape index (κ1) is 11.4. The Bertz CT molecular complexity index is 207. The van der Waals surface area contributed by atoms with Crippen LogP contribution in [0, 0.1) is 11.3 Å². The van der Waals surface area contributed by atoms with E-state index in [0.29, 0.717) is 11.0 Å². The first-order chi connectivity index (χ1) is 7.06. The normalized spacial score (nSPS) is 34.6. The second-order valence-electron chi connectivity index (χ2n) is 6.14. The van der Waals surface area contributed by atoms with Crippen molar-refractivity contribution in [2.24, 2.45) is 11.3 Å². The van der Waals surface area contributed by atoms with E-state index in [9.17, 15) is 0 Å². The molecule has 1 atom stereocenters. The van der Waals surface area contributed by atoms with Crippen LogP contribution in [0.1, 0.15) is 46.5 Å². The Balaban J connectivity index is 2.17. The summed E-state index contributed by atoms with van der Waals surface area (Å²) in [5.41, 5.74) is 0.738. The molecule has 1 unspecified atom stereocenters. The molecule has 0 radical (unpaired) electrons. The van der Waals surface area contributed by atoms with Gasteiger partial charge in [-0.2, -0.15) is 0 Å². The Labute approximate surface area is 93.8 Å². The van der Waals surface area contributed by atoms with Gasteiger partial charge in [-0.15, -0.1) is 0 Å². The molecule has 0 aromatic rings. The van der Waals surface area contributed by atoms with Gasteiger partial charge < -0.3 is 10.1 Å². The monoisotopic (exact) mass is 211 g/mol. The quantitative estimate of drug-likeness (QED) is 0.720. The van der Waals surface area contributed by atoms with Gasteiger partial charge in [0.25, 0.3) is 0 Å². The van der Waals surface area contributed by atoms with Gasteiger partial charge in [0, 0.05) is 18.8 Å². The van der Waals surface area contributed by atoms with E-state index in [1.165, 1.54) is 32.2 Å². The van der Waals surface area contributed by atoms with Gasteiger partial charge in [-0.3, -0.25) is 0 Å². The van der Waals surface area contributed by atoms with E-state index in [0.717, 1.165) is 19.1 Å². The van der Waals surface area contributed by atoms with Crippen molar-refractivity contribution in [1.82, 2.24) is 5.32 Å². The van der Waals surface area contributed by atoms with Crippen LogP contribution in [0.15, 0.2) is 0 Å². The summed E-state index contributed by atoms with van der Waals surface area (Å²) in [5.74, 6) is 0.814. The van der Waals surface area contributed by atoms with Crippen LogP contribution in [-0.4, -0.2) is 25.3 Å². The first-order valence-corrected chi connectivity index (χ1v) is 6.39. The van der Waals surface area contributed by atoms with Crippen LogP contribution in [0.5, 0.6) is 0 Å². The molecule has 2 aliphatic heterocycles. The van der Waals surface area contributed by atoms with E-state index in [4.69, 9.17) is 4.74 Å². The fraction of sp³-hybridized carbons (Fsp3) is 1.00. The average molecular weight is 211 g/mol. The van der Waals surface area contributed by atoms with Gasteiger partial charge >= 0.3 is 0 Å². The first-order valence-electron chi connectivity index (χ1n) is 6.39. The van der Waals surface area contributed by atoms with Crippen LogP contribution in [0.3, 0.4) is 0 Å². The predicted molar refractivity (Wildman–Crippen MR) is 63.0 cm³/mol. The molecule has 1 N–H and O–H groups in total. The van der Waals surface area contributed by atoms with Gasteiger partial charge in [0.1, 0.15) is 0 Å². The lowest BCUT2D eigenvalue weighted by atomic mass is 9.63. The molecule has 0 aromatic carbocycles. The van der Waals surface area contributed by atoms with Crippen molar-refractivity contribution in [3.05, 3.63) is 0 Å². The third-order valence-corrected chi connectivity index (χ3v) is 4.44. The highest BCUT2D eigenvalue weighted by Crippen LogP contribution is 2.46. The Morgan fingerprint density at radius 2 is 1.87 bits per heavy atom. The molecule has 0 saturated carbocycles. The molecule has 2 aliphatic rings. The Hall–Kier alpha value is -0.0800. The lowest BCUT2D eigenvalue weighted by molar-refractivity contribution is -0.00504. The molecule has 0 amide bonds. The highest BCUT2D eigenvalue weighted by atomic mass is 16.5. The Morgan fingerprint density at radius 1 is 1.20 bits per heavy atom. The minimum absolute atomic E-state index is 0.367. The molecule has 2 saturated heterocycles. The number of hydrogen-bond donors (Lipinski definition) is 1. The van der Waals surface area contributed by atoms with E-state index in [2.05, 4.69) is 26.1 Å². The van der Waals surface area contributed by atoms with Crippen LogP contribution >= 0.6 is 0 Å². The smallest absolute Gasteiger partial charge is 0.0469 e. The van der Waals surface area contributed by atoms with Gasteiger partial charge in [-0.25, -0.2) is 0 Å². The fourth-order valence-corrected chi connectivity index (χ4v) is 3.56. The maximum atomic E-state index is 5.49. The average Bonchev–Trinajstić information content (AvgIpc) is 2.68. The van der Waals surface area contributed by atoms with Crippen molar-refractivity contribution in [3.8, 4) is 0 Å². The highest BCUT2D eigenvalue weighted by molar-refractivity contribution is 5.06. The van der Waals surface area contributed by atoms with Gasteiger partial charge in [-0.05, 0) is 43.6 Å². The van der Waals surface area contributed by atoms with Crippen molar-refractivity contribution in [2.75, 3.05) is 19.8 Å². The van der Waals surface area contributed by atoms with E-state index in [-0.39, 0.29) is 0 Å². The van der Waals surface area contributed by atoms with E-state index < -0.39 is 0 Å². The lowest BCUT2D eigenvalue weighted by Gasteiger charge is -2.49. The summed E-state index contributed by atoms with van der Waals surface area (Å²) in [6, 6.07) is 0. The largest absolute Gasteiger partial charge is 0.381 e. The fourth-order valence-electron chi connectivity index (χ4n) is 3.56.